The van der Waals surface area contributed by atoms with Crippen molar-refractivity contribution in [2.24, 2.45) is 17.6 Å². The maximum Gasteiger partial charge on any atom is 0.338 e. The van der Waals surface area contributed by atoms with E-state index in [9.17, 15) is 14.4 Å². The van der Waals surface area contributed by atoms with E-state index in [0.29, 0.717) is 40.3 Å². The topological polar surface area (TPSA) is 217 Å². The number of carboxylic acids is 1. The van der Waals surface area contributed by atoms with Gasteiger partial charge in [-0.3, -0.25) is 20.1 Å². The Morgan fingerprint density at radius 2 is 1.40 bits per heavy atom. The summed E-state index contributed by atoms with van der Waals surface area (Å²) < 4.78 is 20.1. The van der Waals surface area contributed by atoms with Gasteiger partial charge in [0.05, 0.1) is 36.9 Å². The molecule has 2 atom stereocenters. The van der Waals surface area contributed by atoms with Crippen LogP contribution in [0.2, 0.25) is 0 Å². The molecule has 0 spiro atoms. The van der Waals surface area contributed by atoms with Crippen LogP contribution in [0, 0.1) is 44.9 Å². The molecule has 0 radical (unpaired) electrons. The Labute approximate surface area is 315 Å². The average molecular weight is 756 g/mol. The first-order valence-electron chi connectivity index (χ1n) is 17.2. The van der Waals surface area contributed by atoms with Gasteiger partial charge in [-0.15, -0.1) is 11.8 Å². The highest BCUT2D eigenvalue weighted by atomic mass is 32.2. The maximum absolute atomic E-state index is 11.9. The summed E-state index contributed by atoms with van der Waals surface area (Å²) in [5.74, 6) is 1.03. The van der Waals surface area contributed by atoms with E-state index in [1.54, 1.807) is 6.07 Å². The number of H-pyrrole nitrogens is 1. The molecule has 0 saturated carbocycles. The minimum absolute atomic E-state index is 0.149. The van der Waals surface area contributed by atoms with Crippen LogP contribution in [-0.4, -0.2) is 102 Å². The van der Waals surface area contributed by atoms with Crippen molar-refractivity contribution in [1.82, 2.24) is 15.2 Å². The van der Waals surface area contributed by atoms with Gasteiger partial charge in [0.15, 0.2) is 5.82 Å². The number of nitrogens with zero attached hydrogens (tertiary/aromatic N) is 2. The van der Waals surface area contributed by atoms with Crippen LogP contribution in [0.15, 0.2) is 24.3 Å². The number of carboxylic acid groups (broad SMARTS) is 1. The number of esters is 2. The van der Waals surface area contributed by atoms with E-state index in [2.05, 4.69) is 15.2 Å². The molecule has 290 valence electrons. The third-order valence-corrected chi connectivity index (χ3v) is 9.08. The summed E-state index contributed by atoms with van der Waals surface area (Å²) >= 11 is 1.36. The van der Waals surface area contributed by atoms with E-state index in [4.69, 9.17) is 40.0 Å². The smallest absolute Gasteiger partial charge is 0.338 e. The summed E-state index contributed by atoms with van der Waals surface area (Å²) in [5.41, 5.74) is 11.7. The van der Waals surface area contributed by atoms with Crippen molar-refractivity contribution < 1.29 is 43.2 Å². The molecule has 2 unspecified atom stereocenters. The second kappa shape index (κ2) is 22.6. The highest BCUT2D eigenvalue weighted by Gasteiger charge is 2.21. The van der Waals surface area contributed by atoms with Crippen LogP contribution in [0.4, 0.5) is 0 Å². The minimum atomic E-state index is -0.833. The number of methoxy groups -OCH3 is 2. The molecule has 2 aliphatic rings. The van der Waals surface area contributed by atoms with Gasteiger partial charge < -0.3 is 29.8 Å². The quantitative estimate of drug-likeness (QED) is 0.125. The van der Waals surface area contributed by atoms with Gasteiger partial charge in [0, 0.05) is 57.3 Å². The molecule has 2 fully saturated rings. The van der Waals surface area contributed by atoms with Crippen LogP contribution in [0.25, 0.3) is 11.4 Å². The molecular formula is C38H53N5O9S. The summed E-state index contributed by atoms with van der Waals surface area (Å²) in [6, 6.07) is 7.41. The molecule has 53 heavy (non-hydrogen) atoms. The van der Waals surface area contributed by atoms with Crippen molar-refractivity contribution in [3.05, 3.63) is 69.0 Å². The molecule has 5 N–H and O–H groups in total. The number of carbonyl (C=O) groups is 4. The minimum Gasteiger partial charge on any atom is -0.481 e. The first-order valence-corrected chi connectivity index (χ1v) is 18.4. The van der Waals surface area contributed by atoms with Crippen LogP contribution in [0.5, 0.6) is 0 Å². The standard InChI is InChI=1S/C17H21N3O3.C12H15NO2S.C7H13NO2.C2H4O2/c1-10-6-11(2)14(17(21)22-3)8-13(10)16-18-15(19-20-16)7-12-4-5-23-9-12;1-7-5-8(2)10(12(14)15-3)6-9(7)11(13)16-4;8-4-7(9)3-6-1-2-10-5-6;1-2(3)4/h6,8,12H,4-5,7,9H2,1-3H3,(H,18,19,20);5-6,13H,1-4H3;6H,1-5,8H2;1H3,(H,3,4). The van der Waals surface area contributed by atoms with Gasteiger partial charge in [0.25, 0.3) is 5.97 Å². The highest BCUT2D eigenvalue weighted by molar-refractivity contribution is 8.13. The lowest BCUT2D eigenvalue weighted by atomic mass is 9.99. The molecule has 2 aliphatic heterocycles. The Hall–Kier alpha value is -4.44. The Kier molecular flexibility index (Phi) is 19.1. The Morgan fingerprint density at radius 1 is 0.887 bits per heavy atom. The number of nitrogens with one attached hydrogen (secondary N) is 2. The normalized spacial score (nSPS) is 15.8. The first-order chi connectivity index (χ1) is 25.1. The van der Waals surface area contributed by atoms with E-state index in [1.165, 1.54) is 26.0 Å². The molecule has 2 saturated heterocycles. The molecule has 1 aromatic heterocycles. The summed E-state index contributed by atoms with van der Waals surface area (Å²) in [7, 11) is 2.75. The number of ketones is 1. The van der Waals surface area contributed by atoms with Crippen molar-refractivity contribution in [3.8, 4) is 11.4 Å². The number of thioether (sulfide) groups is 1. The van der Waals surface area contributed by atoms with Crippen molar-refractivity contribution in [2.75, 3.05) is 53.4 Å². The number of hydrogen-bond acceptors (Lipinski definition) is 13. The van der Waals surface area contributed by atoms with Crippen molar-refractivity contribution in [2.45, 2.75) is 60.3 Å². The number of benzene rings is 2. The van der Waals surface area contributed by atoms with Crippen molar-refractivity contribution in [1.29, 1.82) is 5.41 Å². The summed E-state index contributed by atoms with van der Waals surface area (Å²) in [6.07, 6.45) is 5.37. The molecule has 3 heterocycles. The Morgan fingerprint density at radius 3 is 1.89 bits per heavy atom. The number of aromatic amines is 1. The van der Waals surface area contributed by atoms with Crippen molar-refractivity contribution in [3.63, 3.8) is 0 Å². The number of aliphatic carboxylic acids is 1. The SMILES string of the molecule is CC(=O)O.COC(=O)c1cc(-c2n[nH]c(CC3CCOC3)n2)c(C)cc1C.COC(=O)c1cc(C(=N)SC)c(C)cc1C.NCC(=O)CC1CCOC1. The molecule has 5 rings (SSSR count). The fourth-order valence-corrected chi connectivity index (χ4v) is 6.07. The van der Waals surface area contributed by atoms with Gasteiger partial charge in [0.1, 0.15) is 11.6 Å². The maximum atomic E-state index is 11.9. The third kappa shape index (κ3) is 14.5. The number of hydrogen-bond donors (Lipinski definition) is 4. The molecule has 14 nitrogen and oxygen atoms in total. The fourth-order valence-electron chi connectivity index (χ4n) is 5.63. The lowest BCUT2D eigenvalue weighted by Gasteiger charge is -2.10. The summed E-state index contributed by atoms with van der Waals surface area (Å²) in [4.78, 5) is 47.8. The summed E-state index contributed by atoms with van der Waals surface area (Å²) in [6.45, 7) is 12.1. The zero-order valence-electron chi connectivity index (χ0n) is 31.9. The second-order valence-corrected chi connectivity index (χ2v) is 13.5. The second-order valence-electron chi connectivity index (χ2n) is 12.7. The van der Waals surface area contributed by atoms with E-state index in [1.807, 2.05) is 52.1 Å². The van der Waals surface area contributed by atoms with E-state index in [-0.39, 0.29) is 24.3 Å². The van der Waals surface area contributed by atoms with Gasteiger partial charge in [-0.25, -0.2) is 14.6 Å². The predicted octanol–water partition coefficient (Wildman–Crippen LogP) is 5.26. The first kappa shape index (κ1) is 44.7. The Balaban J connectivity index is 0.000000281. The zero-order chi connectivity index (χ0) is 39.7. The van der Waals surface area contributed by atoms with Gasteiger partial charge >= 0.3 is 11.9 Å². The largest absolute Gasteiger partial charge is 0.481 e. The van der Waals surface area contributed by atoms with Gasteiger partial charge in [0.2, 0.25) is 0 Å². The lowest BCUT2D eigenvalue weighted by Crippen LogP contribution is -2.17. The van der Waals surface area contributed by atoms with Crippen molar-refractivity contribution >= 4 is 40.5 Å². The third-order valence-electron chi connectivity index (χ3n) is 8.45. The average Bonchev–Trinajstić information content (AvgIpc) is 3.93. The number of nitrogens with two attached hydrogens (primary N) is 1. The van der Waals surface area contributed by atoms with Crippen LogP contribution in [0.3, 0.4) is 0 Å². The Bertz CT molecular complexity index is 1670. The molecular weight excluding hydrogens is 703 g/mol. The molecule has 3 aromatic rings. The lowest BCUT2D eigenvalue weighted by molar-refractivity contribution is -0.134. The fraction of sp³-hybridized carbons (Fsp3) is 0.500. The van der Waals surface area contributed by atoms with Crippen LogP contribution in [-0.2, 0) is 35.0 Å². The number of aromatic nitrogens is 3. The molecule has 15 heteroatoms. The van der Waals surface area contributed by atoms with E-state index >= 15 is 0 Å². The highest BCUT2D eigenvalue weighted by Crippen LogP contribution is 2.26. The molecule has 0 aliphatic carbocycles. The van der Waals surface area contributed by atoms with Crippen LogP contribution < -0.4 is 5.73 Å². The van der Waals surface area contributed by atoms with Gasteiger partial charge in [-0.1, -0.05) is 12.1 Å². The van der Waals surface area contributed by atoms with E-state index in [0.717, 1.165) is 91.8 Å². The van der Waals surface area contributed by atoms with Crippen LogP contribution >= 0.6 is 11.8 Å². The monoisotopic (exact) mass is 755 g/mol. The number of rotatable bonds is 9. The predicted molar refractivity (Wildman–Crippen MR) is 204 cm³/mol. The van der Waals surface area contributed by atoms with Gasteiger partial charge in [-0.2, -0.15) is 5.10 Å². The van der Waals surface area contributed by atoms with E-state index < -0.39 is 5.97 Å². The summed E-state index contributed by atoms with van der Waals surface area (Å²) in [5, 5.41) is 23.0. The molecule has 0 bridgehead atoms. The number of carbonyl (C=O) groups excluding carboxylic acids is 3. The molecule has 0 amide bonds. The number of aryl methyl sites for hydroxylation is 4. The van der Waals surface area contributed by atoms with Crippen LogP contribution in [0.1, 0.15) is 80.5 Å². The molecule has 2 aromatic carbocycles. The number of ether oxygens (including phenoxy) is 4. The number of Topliss-reactive ketones (excluding diaryl/α,β-unsaturated/α-hetero) is 1. The zero-order valence-corrected chi connectivity index (χ0v) is 32.7. The van der Waals surface area contributed by atoms with Gasteiger partial charge in [-0.05, 0) is 93.0 Å².